The van der Waals surface area contributed by atoms with E-state index in [9.17, 15) is 0 Å². The van der Waals surface area contributed by atoms with Gasteiger partial charge in [0.25, 0.3) is 0 Å². The number of hydrogen-bond donors (Lipinski definition) is 2. The summed E-state index contributed by atoms with van der Waals surface area (Å²) in [4.78, 5) is 14.0. The Balaban J connectivity index is 1.75. The Labute approximate surface area is 126 Å². The molecule has 0 amide bonds. The Morgan fingerprint density at radius 1 is 1.10 bits per heavy atom. The zero-order valence-electron chi connectivity index (χ0n) is 13.1. The van der Waals surface area contributed by atoms with E-state index in [1.807, 2.05) is 13.8 Å². The van der Waals surface area contributed by atoms with Crippen molar-refractivity contribution in [2.45, 2.75) is 45.6 Å². The third-order valence-electron chi connectivity index (χ3n) is 4.74. The first-order valence-corrected chi connectivity index (χ1v) is 8.00. The second kappa shape index (κ2) is 6.15. The highest BCUT2D eigenvalue weighted by Crippen LogP contribution is 2.28. The lowest BCUT2D eigenvalue weighted by molar-refractivity contribution is 0.175. The lowest BCUT2D eigenvalue weighted by atomic mass is 10.1. The Hall–Kier alpha value is -1.40. The molecule has 6 nitrogen and oxygen atoms in total. The van der Waals surface area contributed by atoms with Gasteiger partial charge in [0.2, 0.25) is 0 Å². The maximum absolute atomic E-state index is 5.56. The van der Waals surface area contributed by atoms with Crippen LogP contribution in [-0.4, -0.2) is 47.1 Å². The standard InChI is InChI=1S/C15H26N6/c1-11-14(19-16)17-12(2)18-15(11)21-9-6-13(10-21)20-7-4-3-5-8-20/h13H,3-10,16H2,1-2H3,(H,17,18,19). The Kier molecular flexibility index (Phi) is 4.26. The van der Waals surface area contributed by atoms with Crippen LogP contribution in [0.2, 0.25) is 0 Å². The maximum Gasteiger partial charge on any atom is 0.148 e. The van der Waals surface area contributed by atoms with E-state index in [1.165, 1.54) is 38.8 Å². The molecule has 116 valence electrons. The molecule has 0 spiro atoms. The van der Waals surface area contributed by atoms with Gasteiger partial charge < -0.3 is 10.3 Å². The summed E-state index contributed by atoms with van der Waals surface area (Å²) in [7, 11) is 0. The lowest BCUT2D eigenvalue weighted by Crippen LogP contribution is -2.41. The van der Waals surface area contributed by atoms with Crippen LogP contribution in [-0.2, 0) is 0 Å². The Morgan fingerprint density at radius 2 is 1.86 bits per heavy atom. The zero-order chi connectivity index (χ0) is 14.8. The van der Waals surface area contributed by atoms with E-state index < -0.39 is 0 Å². The Bertz CT molecular complexity index is 497. The largest absolute Gasteiger partial charge is 0.355 e. The number of nitrogens with zero attached hydrogens (tertiary/aromatic N) is 4. The molecule has 2 aliphatic heterocycles. The number of nitrogen functional groups attached to an aromatic ring is 1. The normalized spacial score (nSPS) is 23.6. The van der Waals surface area contributed by atoms with E-state index in [1.54, 1.807) is 0 Å². The third kappa shape index (κ3) is 2.96. The highest BCUT2D eigenvalue weighted by Gasteiger charge is 2.30. The molecule has 2 aliphatic rings. The summed E-state index contributed by atoms with van der Waals surface area (Å²) in [6, 6.07) is 0.675. The Morgan fingerprint density at radius 3 is 2.57 bits per heavy atom. The maximum atomic E-state index is 5.56. The molecule has 0 aromatic carbocycles. The molecule has 0 saturated carbocycles. The molecule has 0 radical (unpaired) electrons. The number of piperidine rings is 1. The van der Waals surface area contributed by atoms with Gasteiger partial charge in [-0.25, -0.2) is 15.8 Å². The molecule has 2 saturated heterocycles. The monoisotopic (exact) mass is 290 g/mol. The van der Waals surface area contributed by atoms with Crippen molar-refractivity contribution in [3.8, 4) is 0 Å². The van der Waals surface area contributed by atoms with Crippen LogP contribution in [0.25, 0.3) is 0 Å². The van der Waals surface area contributed by atoms with Gasteiger partial charge in [0, 0.05) is 24.7 Å². The van der Waals surface area contributed by atoms with Gasteiger partial charge >= 0.3 is 0 Å². The average molecular weight is 290 g/mol. The van der Waals surface area contributed by atoms with E-state index in [0.29, 0.717) is 6.04 Å². The minimum absolute atomic E-state index is 0.675. The minimum Gasteiger partial charge on any atom is -0.355 e. The molecule has 1 aromatic heterocycles. The average Bonchev–Trinajstić information content (AvgIpc) is 3.00. The molecule has 1 aromatic rings. The first kappa shape index (κ1) is 14.5. The van der Waals surface area contributed by atoms with Gasteiger partial charge in [0.05, 0.1) is 0 Å². The van der Waals surface area contributed by atoms with Gasteiger partial charge in [0.1, 0.15) is 17.5 Å². The smallest absolute Gasteiger partial charge is 0.148 e. The number of anilines is 2. The van der Waals surface area contributed by atoms with E-state index in [2.05, 4.69) is 25.2 Å². The number of aromatic nitrogens is 2. The predicted molar refractivity (Wildman–Crippen MR) is 85.4 cm³/mol. The summed E-state index contributed by atoms with van der Waals surface area (Å²) in [6.07, 6.45) is 5.32. The molecular formula is C15H26N6. The van der Waals surface area contributed by atoms with Crippen molar-refractivity contribution < 1.29 is 0 Å². The van der Waals surface area contributed by atoms with Crippen LogP contribution in [0, 0.1) is 13.8 Å². The lowest BCUT2D eigenvalue weighted by Gasteiger charge is -2.32. The van der Waals surface area contributed by atoms with Crippen molar-refractivity contribution >= 4 is 11.6 Å². The number of rotatable bonds is 3. The molecule has 3 N–H and O–H groups in total. The van der Waals surface area contributed by atoms with E-state index in [0.717, 1.165) is 36.1 Å². The zero-order valence-corrected chi connectivity index (χ0v) is 13.1. The van der Waals surface area contributed by atoms with Crippen LogP contribution in [0.3, 0.4) is 0 Å². The van der Waals surface area contributed by atoms with Gasteiger partial charge in [-0.2, -0.15) is 0 Å². The van der Waals surface area contributed by atoms with Crippen molar-refractivity contribution in [2.75, 3.05) is 36.5 Å². The molecule has 2 fully saturated rings. The molecule has 1 unspecified atom stereocenters. The van der Waals surface area contributed by atoms with Crippen molar-refractivity contribution in [2.24, 2.45) is 5.84 Å². The quantitative estimate of drug-likeness (QED) is 0.648. The molecule has 1 atom stereocenters. The second-order valence-corrected chi connectivity index (χ2v) is 6.20. The summed E-state index contributed by atoms with van der Waals surface area (Å²) >= 11 is 0. The predicted octanol–water partition coefficient (Wildman–Crippen LogP) is 1.44. The SMILES string of the molecule is Cc1nc(NN)c(C)c(N2CCC(N3CCCCC3)C2)n1. The molecule has 0 aliphatic carbocycles. The van der Waals surface area contributed by atoms with Gasteiger partial charge in [0.15, 0.2) is 0 Å². The summed E-state index contributed by atoms with van der Waals surface area (Å²) < 4.78 is 0. The number of nitrogens with one attached hydrogen (secondary N) is 1. The number of likely N-dealkylation sites (tertiary alicyclic amines) is 1. The van der Waals surface area contributed by atoms with Crippen LogP contribution in [0.15, 0.2) is 0 Å². The number of hydrazine groups is 1. The van der Waals surface area contributed by atoms with Gasteiger partial charge in [-0.3, -0.25) is 4.90 Å². The van der Waals surface area contributed by atoms with E-state index in [4.69, 9.17) is 5.84 Å². The summed E-state index contributed by atoms with van der Waals surface area (Å²) in [5.41, 5.74) is 3.73. The van der Waals surface area contributed by atoms with Crippen molar-refractivity contribution in [1.82, 2.24) is 14.9 Å². The molecule has 21 heavy (non-hydrogen) atoms. The molecule has 6 heteroatoms. The fourth-order valence-corrected chi connectivity index (χ4v) is 3.58. The van der Waals surface area contributed by atoms with Crippen LogP contribution in [0.4, 0.5) is 11.6 Å². The summed E-state index contributed by atoms with van der Waals surface area (Å²) in [6.45, 7) is 8.62. The number of hydrogen-bond acceptors (Lipinski definition) is 6. The number of aryl methyl sites for hydroxylation is 1. The topological polar surface area (TPSA) is 70.3 Å². The first-order chi connectivity index (χ1) is 10.2. The minimum atomic E-state index is 0.675. The van der Waals surface area contributed by atoms with E-state index in [-0.39, 0.29) is 0 Å². The molecular weight excluding hydrogens is 264 g/mol. The van der Waals surface area contributed by atoms with Gasteiger partial charge in [-0.1, -0.05) is 6.42 Å². The number of nitrogens with two attached hydrogens (primary N) is 1. The van der Waals surface area contributed by atoms with Gasteiger partial charge in [-0.05, 0) is 46.2 Å². The van der Waals surface area contributed by atoms with Crippen molar-refractivity contribution in [3.05, 3.63) is 11.4 Å². The molecule has 3 rings (SSSR count). The second-order valence-electron chi connectivity index (χ2n) is 6.20. The molecule has 3 heterocycles. The third-order valence-corrected chi connectivity index (χ3v) is 4.74. The first-order valence-electron chi connectivity index (χ1n) is 8.00. The van der Waals surface area contributed by atoms with Gasteiger partial charge in [-0.15, -0.1) is 0 Å². The van der Waals surface area contributed by atoms with E-state index >= 15 is 0 Å². The fraction of sp³-hybridized carbons (Fsp3) is 0.733. The van der Waals surface area contributed by atoms with Crippen LogP contribution < -0.4 is 16.2 Å². The highest BCUT2D eigenvalue weighted by molar-refractivity contribution is 5.58. The van der Waals surface area contributed by atoms with Crippen LogP contribution >= 0.6 is 0 Å². The highest BCUT2D eigenvalue weighted by atomic mass is 15.3. The van der Waals surface area contributed by atoms with Crippen molar-refractivity contribution in [1.29, 1.82) is 0 Å². The summed E-state index contributed by atoms with van der Waals surface area (Å²) in [5, 5.41) is 0. The fourth-order valence-electron chi connectivity index (χ4n) is 3.58. The van der Waals surface area contributed by atoms with Crippen LogP contribution in [0.5, 0.6) is 0 Å². The summed E-state index contributed by atoms with van der Waals surface area (Å²) in [5.74, 6) is 8.10. The van der Waals surface area contributed by atoms with Crippen LogP contribution in [0.1, 0.15) is 37.1 Å². The van der Waals surface area contributed by atoms with Crippen molar-refractivity contribution in [3.63, 3.8) is 0 Å². The molecule has 0 bridgehead atoms.